The standard InChI is InChI=1S/C14H21NO2/c1-10(9-15)7-11-4-5-13-14(17-11)6-2-3-12(8-14)16-13/h10-13H,2-8H2,1H3/t10-,11-,12+,13+,14+/m1/s1. The summed E-state index contributed by atoms with van der Waals surface area (Å²) in [7, 11) is 0. The molecule has 3 nitrogen and oxygen atoms in total. The lowest BCUT2D eigenvalue weighted by atomic mass is 9.78. The molecule has 1 spiro atoms. The first-order valence-electron chi connectivity index (χ1n) is 6.95. The molecule has 3 fully saturated rings. The van der Waals surface area contributed by atoms with Gasteiger partial charge in [-0.15, -0.1) is 0 Å². The predicted molar refractivity (Wildman–Crippen MR) is 63.4 cm³/mol. The largest absolute Gasteiger partial charge is 0.372 e. The van der Waals surface area contributed by atoms with Crippen LogP contribution in [-0.4, -0.2) is 23.9 Å². The number of hydrogen-bond acceptors (Lipinski definition) is 3. The average Bonchev–Trinajstić information content (AvgIpc) is 2.58. The SMILES string of the molecule is C[C@@H](C#N)C[C@H]1CC[C@@H]2O[C@H]3CCC[C@@]2(C3)O1. The highest BCUT2D eigenvalue weighted by atomic mass is 16.6. The Hall–Kier alpha value is -0.590. The molecule has 0 aromatic rings. The van der Waals surface area contributed by atoms with Crippen molar-refractivity contribution in [2.75, 3.05) is 0 Å². The Bertz CT molecular complexity index is 338. The minimum atomic E-state index is 0.0149. The van der Waals surface area contributed by atoms with Crippen molar-refractivity contribution in [3.63, 3.8) is 0 Å². The van der Waals surface area contributed by atoms with Gasteiger partial charge >= 0.3 is 0 Å². The molecule has 5 atom stereocenters. The van der Waals surface area contributed by atoms with Crippen molar-refractivity contribution in [3.8, 4) is 6.07 Å². The molecule has 0 N–H and O–H groups in total. The van der Waals surface area contributed by atoms with E-state index >= 15 is 0 Å². The zero-order chi connectivity index (χ0) is 11.9. The van der Waals surface area contributed by atoms with Gasteiger partial charge < -0.3 is 9.47 Å². The summed E-state index contributed by atoms with van der Waals surface area (Å²) in [6, 6.07) is 2.31. The van der Waals surface area contributed by atoms with Crippen LogP contribution in [0.5, 0.6) is 0 Å². The predicted octanol–water partition coefficient (Wildman–Crippen LogP) is 2.80. The normalized spacial score (nSPS) is 46.0. The van der Waals surface area contributed by atoms with Gasteiger partial charge in [0, 0.05) is 12.3 Å². The lowest BCUT2D eigenvalue weighted by Crippen LogP contribution is -2.49. The van der Waals surface area contributed by atoms with Crippen molar-refractivity contribution in [3.05, 3.63) is 0 Å². The summed E-state index contributed by atoms with van der Waals surface area (Å²) in [5, 5.41) is 8.90. The molecule has 2 bridgehead atoms. The molecule has 2 saturated heterocycles. The van der Waals surface area contributed by atoms with Crippen LogP contribution < -0.4 is 0 Å². The molecule has 0 amide bonds. The van der Waals surface area contributed by atoms with Gasteiger partial charge in [-0.2, -0.15) is 5.26 Å². The smallest absolute Gasteiger partial charge is 0.0971 e. The van der Waals surface area contributed by atoms with Gasteiger partial charge in [0.15, 0.2) is 0 Å². The molecule has 0 radical (unpaired) electrons. The topological polar surface area (TPSA) is 42.2 Å². The van der Waals surface area contributed by atoms with E-state index in [2.05, 4.69) is 6.07 Å². The molecule has 1 aliphatic carbocycles. The lowest BCUT2D eigenvalue weighted by molar-refractivity contribution is -0.168. The van der Waals surface area contributed by atoms with Crippen molar-refractivity contribution in [2.24, 2.45) is 5.92 Å². The lowest BCUT2D eigenvalue weighted by Gasteiger charge is -2.43. The van der Waals surface area contributed by atoms with Crippen molar-refractivity contribution in [1.29, 1.82) is 5.26 Å². The van der Waals surface area contributed by atoms with Gasteiger partial charge in [-0.25, -0.2) is 0 Å². The Morgan fingerprint density at radius 3 is 3.12 bits per heavy atom. The monoisotopic (exact) mass is 235 g/mol. The molecule has 3 aliphatic rings. The van der Waals surface area contributed by atoms with Crippen LogP contribution in [0, 0.1) is 17.2 Å². The van der Waals surface area contributed by atoms with Crippen molar-refractivity contribution >= 4 is 0 Å². The van der Waals surface area contributed by atoms with Crippen LogP contribution in [0.3, 0.4) is 0 Å². The molecule has 0 unspecified atom stereocenters. The molecule has 2 aliphatic heterocycles. The van der Waals surface area contributed by atoms with Gasteiger partial charge in [0.1, 0.15) is 0 Å². The Labute approximate surface area is 103 Å². The van der Waals surface area contributed by atoms with Crippen molar-refractivity contribution in [1.82, 2.24) is 0 Å². The Kier molecular flexibility index (Phi) is 2.88. The zero-order valence-corrected chi connectivity index (χ0v) is 10.5. The molecule has 1 saturated carbocycles. The highest BCUT2D eigenvalue weighted by Gasteiger charge is 2.54. The van der Waals surface area contributed by atoms with E-state index in [0.29, 0.717) is 12.2 Å². The summed E-state index contributed by atoms with van der Waals surface area (Å²) in [6.07, 6.45) is 8.83. The Morgan fingerprint density at radius 2 is 2.29 bits per heavy atom. The van der Waals surface area contributed by atoms with E-state index in [-0.39, 0.29) is 17.6 Å². The Morgan fingerprint density at radius 1 is 1.41 bits per heavy atom. The average molecular weight is 235 g/mol. The van der Waals surface area contributed by atoms with Crippen LogP contribution >= 0.6 is 0 Å². The summed E-state index contributed by atoms with van der Waals surface area (Å²) in [5.74, 6) is 0.106. The fourth-order valence-electron chi connectivity index (χ4n) is 3.84. The van der Waals surface area contributed by atoms with Crippen molar-refractivity contribution < 1.29 is 9.47 Å². The number of nitriles is 1. The molecule has 17 heavy (non-hydrogen) atoms. The van der Waals surface area contributed by atoms with Crippen LogP contribution in [0.2, 0.25) is 0 Å². The fraction of sp³-hybridized carbons (Fsp3) is 0.929. The molecule has 3 heteroatoms. The van der Waals surface area contributed by atoms with E-state index in [9.17, 15) is 0 Å². The fourth-order valence-corrected chi connectivity index (χ4v) is 3.84. The van der Waals surface area contributed by atoms with Crippen molar-refractivity contribution in [2.45, 2.75) is 75.8 Å². The number of fused-ring (bicyclic) bond motifs is 1. The van der Waals surface area contributed by atoms with Gasteiger partial charge in [-0.3, -0.25) is 0 Å². The highest BCUT2D eigenvalue weighted by Crippen LogP contribution is 2.49. The number of ether oxygens (including phenoxy) is 2. The highest BCUT2D eigenvalue weighted by molar-refractivity contribution is 5.04. The summed E-state index contributed by atoms with van der Waals surface area (Å²) in [4.78, 5) is 0. The molecule has 0 aromatic carbocycles. The van der Waals surface area contributed by atoms with E-state index in [4.69, 9.17) is 14.7 Å². The molecular formula is C14H21NO2. The van der Waals surface area contributed by atoms with E-state index < -0.39 is 0 Å². The maximum atomic E-state index is 8.90. The zero-order valence-electron chi connectivity index (χ0n) is 10.5. The number of nitrogens with zero attached hydrogens (tertiary/aromatic N) is 1. The second kappa shape index (κ2) is 4.26. The van der Waals surface area contributed by atoms with Crippen LogP contribution in [0.15, 0.2) is 0 Å². The second-order valence-electron chi connectivity index (χ2n) is 5.99. The molecular weight excluding hydrogens is 214 g/mol. The van der Waals surface area contributed by atoms with Crippen LogP contribution in [0.1, 0.15) is 51.9 Å². The molecule has 3 rings (SSSR count). The first kappa shape index (κ1) is 11.5. The van der Waals surface area contributed by atoms with E-state index in [1.807, 2.05) is 6.92 Å². The summed E-state index contributed by atoms with van der Waals surface area (Å²) >= 11 is 0. The third-order valence-electron chi connectivity index (χ3n) is 4.63. The maximum Gasteiger partial charge on any atom is 0.0971 e. The number of hydrogen-bond donors (Lipinski definition) is 0. The van der Waals surface area contributed by atoms with Crippen LogP contribution in [-0.2, 0) is 9.47 Å². The van der Waals surface area contributed by atoms with E-state index in [1.54, 1.807) is 0 Å². The van der Waals surface area contributed by atoms with Crippen LogP contribution in [0.25, 0.3) is 0 Å². The van der Waals surface area contributed by atoms with Gasteiger partial charge in [-0.1, -0.05) is 0 Å². The van der Waals surface area contributed by atoms with Gasteiger partial charge in [-0.05, 0) is 45.4 Å². The molecule has 2 heterocycles. The minimum Gasteiger partial charge on any atom is -0.372 e. The first-order valence-corrected chi connectivity index (χ1v) is 6.95. The molecule has 94 valence electrons. The third kappa shape index (κ3) is 1.98. The first-order chi connectivity index (χ1) is 8.22. The number of rotatable bonds is 2. The second-order valence-corrected chi connectivity index (χ2v) is 5.99. The summed E-state index contributed by atoms with van der Waals surface area (Å²) < 4.78 is 12.4. The van der Waals surface area contributed by atoms with Gasteiger partial charge in [0.05, 0.1) is 30.0 Å². The van der Waals surface area contributed by atoms with E-state index in [0.717, 1.165) is 32.1 Å². The van der Waals surface area contributed by atoms with Crippen LogP contribution in [0.4, 0.5) is 0 Å². The van der Waals surface area contributed by atoms with Gasteiger partial charge in [0.25, 0.3) is 0 Å². The maximum absolute atomic E-state index is 8.90. The summed E-state index contributed by atoms with van der Waals surface area (Å²) in [5.41, 5.74) is 0.0149. The Balaban J connectivity index is 1.69. The minimum absolute atomic E-state index is 0.0149. The quantitative estimate of drug-likeness (QED) is 0.739. The summed E-state index contributed by atoms with van der Waals surface area (Å²) in [6.45, 7) is 1.99. The van der Waals surface area contributed by atoms with E-state index in [1.165, 1.54) is 12.8 Å². The third-order valence-corrected chi connectivity index (χ3v) is 4.63. The molecule has 0 aromatic heterocycles. The van der Waals surface area contributed by atoms with Gasteiger partial charge in [0.2, 0.25) is 0 Å².